The number of nitrogens with zero attached hydrogens (tertiary/aromatic N) is 2. The molecule has 0 heterocycles. The average Bonchev–Trinajstić information content (AvgIpc) is 2.74. The molecule has 0 amide bonds. The molecule has 0 aromatic heterocycles. The molecule has 0 bridgehead atoms. The van der Waals surface area contributed by atoms with E-state index in [1.54, 1.807) is 19.5 Å². The first kappa shape index (κ1) is 23.1. The molecule has 0 unspecified atom stereocenters. The summed E-state index contributed by atoms with van der Waals surface area (Å²) >= 11 is 0. The largest absolute Gasteiger partial charge is 0.493 e. The van der Waals surface area contributed by atoms with E-state index < -0.39 is 11.6 Å². The van der Waals surface area contributed by atoms with Crippen molar-refractivity contribution in [2.75, 3.05) is 21.2 Å². The molecule has 168 valence electrons. The second kappa shape index (κ2) is 9.73. The molecule has 0 atom stereocenters. The standard InChI is InChI=1S/C26H30N2O4/c1-26(2,3)32-25(29)21-12-19-14-23(30-6)24(31-16-18-10-8-7-9-11-18)15-20(19)13-22(21)27-17-28(4)5/h7-15,17H,16H2,1-6H3/b27-17+. The number of fused-ring (bicyclic) bond motifs is 1. The van der Waals surface area contributed by atoms with Gasteiger partial charge in [0.2, 0.25) is 0 Å². The predicted octanol–water partition coefficient (Wildman–Crippen LogP) is 5.60. The molecule has 6 nitrogen and oxygen atoms in total. The summed E-state index contributed by atoms with van der Waals surface area (Å²) < 4.78 is 17.2. The van der Waals surface area contributed by atoms with Crippen molar-refractivity contribution < 1.29 is 19.0 Å². The Balaban J connectivity index is 2.05. The lowest BCUT2D eigenvalue weighted by atomic mass is 10.0. The van der Waals surface area contributed by atoms with E-state index in [9.17, 15) is 4.79 Å². The molecule has 3 aromatic carbocycles. The number of carbonyl (C=O) groups is 1. The van der Waals surface area contributed by atoms with Gasteiger partial charge in [0.25, 0.3) is 0 Å². The van der Waals surface area contributed by atoms with Crippen LogP contribution in [0.4, 0.5) is 5.69 Å². The van der Waals surface area contributed by atoms with Gasteiger partial charge >= 0.3 is 5.97 Å². The van der Waals surface area contributed by atoms with Crippen LogP contribution in [-0.2, 0) is 11.3 Å². The first-order valence-corrected chi connectivity index (χ1v) is 10.4. The third kappa shape index (κ3) is 6.00. The van der Waals surface area contributed by atoms with Crippen LogP contribution in [0.15, 0.2) is 59.6 Å². The highest BCUT2D eigenvalue weighted by atomic mass is 16.6. The lowest BCUT2D eigenvalue weighted by Crippen LogP contribution is -2.24. The van der Waals surface area contributed by atoms with Crippen molar-refractivity contribution in [1.82, 2.24) is 4.90 Å². The van der Waals surface area contributed by atoms with Crippen molar-refractivity contribution in [3.05, 3.63) is 65.7 Å². The number of carbonyl (C=O) groups excluding carboxylic acids is 1. The summed E-state index contributed by atoms with van der Waals surface area (Å²) in [5, 5.41) is 1.71. The molecule has 6 heteroatoms. The number of rotatable bonds is 7. The van der Waals surface area contributed by atoms with Crippen LogP contribution in [0.5, 0.6) is 11.5 Å². The number of benzene rings is 3. The Kier molecular flexibility index (Phi) is 7.03. The predicted molar refractivity (Wildman–Crippen MR) is 128 cm³/mol. The second-order valence-corrected chi connectivity index (χ2v) is 8.70. The van der Waals surface area contributed by atoms with Crippen LogP contribution in [0.2, 0.25) is 0 Å². The van der Waals surface area contributed by atoms with Gasteiger partial charge in [-0.15, -0.1) is 0 Å². The zero-order chi connectivity index (χ0) is 23.3. The SMILES string of the molecule is COc1cc2cc(C(=O)OC(C)(C)C)c(/N=C/N(C)C)cc2cc1OCc1ccccc1. The summed E-state index contributed by atoms with van der Waals surface area (Å²) in [7, 11) is 5.34. The fourth-order valence-corrected chi connectivity index (χ4v) is 3.08. The number of methoxy groups -OCH3 is 1. The highest BCUT2D eigenvalue weighted by Crippen LogP contribution is 2.36. The first-order chi connectivity index (χ1) is 15.2. The van der Waals surface area contributed by atoms with Crippen molar-refractivity contribution >= 4 is 28.8 Å². The zero-order valence-corrected chi connectivity index (χ0v) is 19.5. The Hall–Kier alpha value is -3.54. The number of ether oxygens (including phenoxy) is 3. The molecule has 0 saturated heterocycles. The zero-order valence-electron chi connectivity index (χ0n) is 19.5. The molecule has 3 rings (SSSR count). The highest BCUT2D eigenvalue weighted by Gasteiger charge is 2.21. The molecule has 0 spiro atoms. The van der Waals surface area contributed by atoms with E-state index in [4.69, 9.17) is 14.2 Å². The Bertz CT molecular complexity index is 1120. The monoisotopic (exact) mass is 434 g/mol. The third-order valence-corrected chi connectivity index (χ3v) is 4.52. The maximum Gasteiger partial charge on any atom is 0.340 e. The molecule has 0 fully saturated rings. The minimum absolute atomic E-state index is 0.394. The minimum Gasteiger partial charge on any atom is -0.493 e. The summed E-state index contributed by atoms with van der Waals surface area (Å²) in [5.41, 5.74) is 1.37. The van der Waals surface area contributed by atoms with Gasteiger partial charge in [0.1, 0.15) is 12.2 Å². The van der Waals surface area contributed by atoms with E-state index in [1.165, 1.54) is 0 Å². The molecule has 0 N–H and O–H groups in total. The molecular weight excluding hydrogens is 404 g/mol. The normalized spacial score (nSPS) is 11.6. The van der Waals surface area contributed by atoms with E-state index in [-0.39, 0.29) is 0 Å². The Morgan fingerprint density at radius 2 is 1.66 bits per heavy atom. The Morgan fingerprint density at radius 3 is 2.28 bits per heavy atom. The van der Waals surface area contributed by atoms with Crippen molar-refractivity contribution in [1.29, 1.82) is 0 Å². The molecule has 0 radical (unpaired) electrons. The fraction of sp³-hybridized carbons (Fsp3) is 0.308. The van der Waals surface area contributed by atoms with Crippen molar-refractivity contribution in [3.63, 3.8) is 0 Å². The average molecular weight is 435 g/mol. The van der Waals surface area contributed by atoms with E-state index in [2.05, 4.69) is 4.99 Å². The van der Waals surface area contributed by atoms with Crippen LogP contribution in [0.25, 0.3) is 10.8 Å². The summed E-state index contributed by atoms with van der Waals surface area (Å²) in [4.78, 5) is 19.2. The lowest BCUT2D eigenvalue weighted by molar-refractivity contribution is 0.00707. The van der Waals surface area contributed by atoms with Crippen LogP contribution in [0, 0.1) is 0 Å². The van der Waals surface area contributed by atoms with Crippen LogP contribution in [-0.4, -0.2) is 44.0 Å². The van der Waals surface area contributed by atoms with Gasteiger partial charge in [0, 0.05) is 14.1 Å². The molecule has 0 saturated carbocycles. The quantitative estimate of drug-likeness (QED) is 0.275. The first-order valence-electron chi connectivity index (χ1n) is 10.4. The van der Waals surface area contributed by atoms with Crippen LogP contribution < -0.4 is 9.47 Å². The van der Waals surface area contributed by atoms with Gasteiger partial charge in [-0.2, -0.15) is 0 Å². The van der Waals surface area contributed by atoms with Gasteiger partial charge < -0.3 is 19.1 Å². The van der Waals surface area contributed by atoms with E-state index >= 15 is 0 Å². The highest BCUT2D eigenvalue weighted by molar-refractivity contribution is 6.02. The lowest BCUT2D eigenvalue weighted by Gasteiger charge is -2.20. The Morgan fingerprint density at radius 1 is 1.00 bits per heavy atom. The molecular formula is C26H30N2O4. The maximum absolute atomic E-state index is 12.9. The van der Waals surface area contributed by atoms with Crippen LogP contribution in [0.3, 0.4) is 0 Å². The van der Waals surface area contributed by atoms with E-state index in [1.807, 2.05) is 88.3 Å². The molecule has 0 aliphatic rings. The number of hydrogen-bond donors (Lipinski definition) is 0. The van der Waals surface area contributed by atoms with Crippen molar-refractivity contribution in [3.8, 4) is 11.5 Å². The van der Waals surface area contributed by atoms with Crippen molar-refractivity contribution in [2.24, 2.45) is 4.99 Å². The van der Waals surface area contributed by atoms with Crippen LogP contribution in [0.1, 0.15) is 36.7 Å². The molecule has 3 aromatic rings. The van der Waals surface area contributed by atoms with Gasteiger partial charge in [-0.05, 0) is 61.4 Å². The van der Waals surface area contributed by atoms with Crippen LogP contribution >= 0.6 is 0 Å². The van der Waals surface area contributed by atoms with Gasteiger partial charge in [0.15, 0.2) is 11.5 Å². The summed E-state index contributed by atoms with van der Waals surface area (Å²) in [6.45, 7) is 5.95. The van der Waals surface area contributed by atoms with Gasteiger partial charge in [0.05, 0.1) is 24.7 Å². The van der Waals surface area contributed by atoms with Crippen molar-refractivity contribution in [2.45, 2.75) is 33.0 Å². The maximum atomic E-state index is 12.9. The molecule has 0 aliphatic carbocycles. The smallest absolute Gasteiger partial charge is 0.340 e. The summed E-state index contributed by atoms with van der Waals surface area (Å²) in [6, 6.07) is 17.4. The van der Waals surface area contributed by atoms with Gasteiger partial charge in [-0.25, -0.2) is 9.79 Å². The summed E-state index contributed by atoms with van der Waals surface area (Å²) in [5.74, 6) is 0.790. The summed E-state index contributed by atoms with van der Waals surface area (Å²) in [6.07, 6.45) is 1.66. The third-order valence-electron chi connectivity index (χ3n) is 4.52. The Labute approximate surface area is 189 Å². The molecule has 0 aliphatic heterocycles. The fourth-order valence-electron chi connectivity index (χ4n) is 3.08. The van der Waals surface area contributed by atoms with E-state index in [0.29, 0.717) is 29.4 Å². The topological polar surface area (TPSA) is 60.4 Å². The second-order valence-electron chi connectivity index (χ2n) is 8.70. The van der Waals surface area contributed by atoms with E-state index in [0.717, 1.165) is 16.3 Å². The number of esters is 1. The number of hydrogen-bond acceptors (Lipinski definition) is 5. The van der Waals surface area contributed by atoms with Gasteiger partial charge in [-0.3, -0.25) is 0 Å². The molecule has 32 heavy (non-hydrogen) atoms. The van der Waals surface area contributed by atoms with Gasteiger partial charge in [-0.1, -0.05) is 30.3 Å². The number of aliphatic imine (C=N–C) groups is 1. The minimum atomic E-state index is -0.610.